The number of benzene rings is 2. The van der Waals surface area contributed by atoms with Crippen molar-refractivity contribution in [3.8, 4) is 0 Å². The van der Waals surface area contributed by atoms with E-state index in [4.69, 9.17) is 11.6 Å². The Labute approximate surface area is 189 Å². The van der Waals surface area contributed by atoms with E-state index in [2.05, 4.69) is 10.3 Å². The van der Waals surface area contributed by atoms with E-state index in [1.54, 1.807) is 50.2 Å². The first kappa shape index (κ1) is 21.9. The molecular formula is C24H22ClN3O4. The van der Waals surface area contributed by atoms with Gasteiger partial charge in [0, 0.05) is 23.4 Å². The number of ketones is 1. The van der Waals surface area contributed by atoms with Crippen molar-refractivity contribution < 1.29 is 14.4 Å². The van der Waals surface area contributed by atoms with Crippen molar-refractivity contribution in [1.29, 1.82) is 0 Å². The summed E-state index contributed by atoms with van der Waals surface area (Å²) in [7, 11) is 0. The molecule has 2 amide bonds. The zero-order chi connectivity index (χ0) is 23.0. The maximum atomic E-state index is 13.4. The van der Waals surface area contributed by atoms with E-state index in [1.807, 2.05) is 6.07 Å². The van der Waals surface area contributed by atoms with Gasteiger partial charge in [-0.3, -0.25) is 29.1 Å². The number of piperidine rings is 1. The molecule has 7 nitrogen and oxygen atoms in total. The summed E-state index contributed by atoms with van der Waals surface area (Å²) in [6, 6.07) is 12.1. The molecule has 1 fully saturated rings. The van der Waals surface area contributed by atoms with Crippen LogP contribution in [0.4, 0.5) is 0 Å². The summed E-state index contributed by atoms with van der Waals surface area (Å²) >= 11 is 5.88. The van der Waals surface area contributed by atoms with E-state index in [1.165, 1.54) is 4.57 Å². The second-order valence-corrected chi connectivity index (χ2v) is 8.67. The Morgan fingerprint density at radius 2 is 1.88 bits per heavy atom. The largest absolute Gasteiger partial charge is 0.294 e. The highest BCUT2D eigenvalue weighted by atomic mass is 35.5. The Kier molecular flexibility index (Phi) is 5.69. The number of halogens is 1. The van der Waals surface area contributed by atoms with Gasteiger partial charge >= 0.3 is 0 Å². The molecule has 4 rings (SSSR count). The van der Waals surface area contributed by atoms with E-state index >= 15 is 0 Å². The number of Topliss-reactive ketones (excluding diaryl/α,β-unsaturated/α-hetero) is 1. The van der Waals surface area contributed by atoms with Gasteiger partial charge in [-0.25, -0.2) is 4.98 Å². The third kappa shape index (κ3) is 3.96. The van der Waals surface area contributed by atoms with Crippen LogP contribution in [0.3, 0.4) is 0 Å². The number of fused-ring (bicyclic) bond motifs is 1. The van der Waals surface area contributed by atoms with Crippen molar-refractivity contribution in [2.24, 2.45) is 0 Å². The molecule has 0 bridgehead atoms. The Bertz CT molecular complexity index is 1310. The molecule has 32 heavy (non-hydrogen) atoms. The van der Waals surface area contributed by atoms with Crippen LogP contribution in [0.25, 0.3) is 10.9 Å². The fourth-order valence-corrected chi connectivity index (χ4v) is 4.25. The average molecular weight is 452 g/mol. The smallest absolute Gasteiger partial charge is 0.262 e. The first-order valence-corrected chi connectivity index (χ1v) is 10.7. The number of nitrogens with one attached hydrogen (secondary N) is 1. The molecule has 0 radical (unpaired) electrons. The lowest BCUT2D eigenvalue weighted by molar-refractivity contribution is -0.140. The molecule has 0 unspecified atom stereocenters. The maximum Gasteiger partial charge on any atom is 0.262 e. The molecule has 1 aliphatic heterocycles. The van der Waals surface area contributed by atoms with Crippen LogP contribution in [-0.2, 0) is 21.5 Å². The quantitative estimate of drug-likeness (QED) is 0.474. The summed E-state index contributed by atoms with van der Waals surface area (Å²) in [5.41, 5.74) is 0.387. The molecule has 1 N–H and O–H groups in total. The van der Waals surface area contributed by atoms with E-state index in [9.17, 15) is 19.2 Å². The predicted octanol–water partition coefficient (Wildman–Crippen LogP) is 3.33. The summed E-state index contributed by atoms with van der Waals surface area (Å²) in [4.78, 5) is 54.6. The first-order chi connectivity index (χ1) is 15.2. The van der Waals surface area contributed by atoms with Crippen molar-refractivity contribution in [3.63, 3.8) is 0 Å². The van der Waals surface area contributed by atoms with Crippen LogP contribution in [0.2, 0.25) is 5.02 Å². The standard InChI is InChI=1S/C24H22ClN3O4/c1-14-26-19-9-3-15(4-10-20(29)16-5-7-17(25)8-6-16)13-18(19)22(31)28(14)24(2)12-11-21(30)27-23(24)32/h3,5-9,13H,4,10-12H2,1-2H3,(H,27,30,32)/t24-/m1/s1. The number of hydrogen-bond donors (Lipinski definition) is 1. The number of hydrogen-bond acceptors (Lipinski definition) is 5. The number of carbonyl (C=O) groups is 3. The summed E-state index contributed by atoms with van der Waals surface area (Å²) in [5, 5.41) is 3.27. The molecule has 3 aromatic rings. The second kappa shape index (κ2) is 8.31. The van der Waals surface area contributed by atoms with Crippen molar-refractivity contribution in [3.05, 3.63) is 74.8 Å². The van der Waals surface area contributed by atoms with Crippen molar-refractivity contribution in [2.45, 2.75) is 45.1 Å². The number of nitrogens with zero attached hydrogens (tertiary/aromatic N) is 2. The second-order valence-electron chi connectivity index (χ2n) is 8.23. The molecule has 164 valence electrons. The third-order valence-electron chi connectivity index (χ3n) is 5.98. The van der Waals surface area contributed by atoms with Gasteiger partial charge in [-0.2, -0.15) is 0 Å². The fourth-order valence-electron chi connectivity index (χ4n) is 4.13. The maximum absolute atomic E-state index is 13.4. The van der Waals surface area contributed by atoms with E-state index in [0.717, 1.165) is 5.56 Å². The number of rotatable bonds is 5. The highest BCUT2D eigenvalue weighted by Crippen LogP contribution is 2.27. The van der Waals surface area contributed by atoms with Gasteiger partial charge in [-0.05, 0) is 68.7 Å². The summed E-state index contributed by atoms with van der Waals surface area (Å²) < 4.78 is 1.37. The monoisotopic (exact) mass is 451 g/mol. The molecule has 1 aromatic heterocycles. The molecule has 0 aliphatic carbocycles. The van der Waals surface area contributed by atoms with Crippen LogP contribution >= 0.6 is 11.6 Å². The lowest BCUT2D eigenvalue weighted by Gasteiger charge is -2.34. The molecule has 8 heteroatoms. The normalized spacial score (nSPS) is 18.6. The Morgan fingerprint density at radius 3 is 2.56 bits per heavy atom. The van der Waals surface area contributed by atoms with Gasteiger partial charge in [-0.15, -0.1) is 0 Å². The van der Waals surface area contributed by atoms with Crippen molar-refractivity contribution in [1.82, 2.24) is 14.9 Å². The van der Waals surface area contributed by atoms with Gasteiger partial charge < -0.3 is 0 Å². The number of aromatic nitrogens is 2. The zero-order valence-corrected chi connectivity index (χ0v) is 18.5. The Hall–Kier alpha value is -3.32. The molecule has 0 spiro atoms. The fraction of sp³-hybridized carbons (Fsp3) is 0.292. The van der Waals surface area contributed by atoms with Crippen LogP contribution in [0.5, 0.6) is 0 Å². The lowest BCUT2D eigenvalue weighted by atomic mass is 9.90. The number of amides is 2. The molecule has 1 atom stereocenters. The topological polar surface area (TPSA) is 98.1 Å². The van der Waals surface area contributed by atoms with Crippen molar-refractivity contribution in [2.75, 3.05) is 0 Å². The lowest BCUT2D eigenvalue weighted by Crippen LogP contribution is -2.56. The minimum atomic E-state index is -1.20. The minimum Gasteiger partial charge on any atom is -0.294 e. The van der Waals surface area contributed by atoms with E-state index in [-0.39, 0.29) is 36.5 Å². The van der Waals surface area contributed by atoms with Gasteiger partial charge in [0.1, 0.15) is 11.4 Å². The summed E-state index contributed by atoms with van der Waals surface area (Å²) in [6.07, 6.45) is 1.11. The van der Waals surface area contributed by atoms with Crippen molar-refractivity contribution >= 4 is 40.1 Å². The molecule has 2 aromatic carbocycles. The number of imide groups is 1. The van der Waals surface area contributed by atoms with Crippen LogP contribution in [0, 0.1) is 6.92 Å². The number of carbonyl (C=O) groups excluding carboxylic acids is 3. The molecule has 2 heterocycles. The van der Waals surface area contributed by atoms with Crippen LogP contribution < -0.4 is 10.9 Å². The SMILES string of the molecule is Cc1nc2ccc(CCC(=O)c3ccc(Cl)cc3)cc2c(=O)n1[C@]1(C)CCC(=O)NC1=O. The zero-order valence-electron chi connectivity index (χ0n) is 17.8. The van der Waals surface area contributed by atoms with E-state index < -0.39 is 11.4 Å². The Morgan fingerprint density at radius 1 is 1.16 bits per heavy atom. The molecule has 0 saturated carbocycles. The number of aryl methyl sites for hydroxylation is 2. The molecule has 1 saturated heterocycles. The molecule has 1 aliphatic rings. The highest BCUT2D eigenvalue weighted by molar-refractivity contribution is 6.30. The molecular weight excluding hydrogens is 430 g/mol. The first-order valence-electron chi connectivity index (χ1n) is 10.3. The predicted molar refractivity (Wildman–Crippen MR) is 121 cm³/mol. The highest BCUT2D eigenvalue weighted by Gasteiger charge is 2.42. The van der Waals surface area contributed by atoms with Crippen LogP contribution in [0.15, 0.2) is 47.3 Å². The van der Waals surface area contributed by atoms with Gasteiger partial charge in [0.25, 0.3) is 11.5 Å². The van der Waals surface area contributed by atoms with Crippen LogP contribution in [0.1, 0.15) is 47.9 Å². The average Bonchev–Trinajstić information content (AvgIpc) is 2.76. The van der Waals surface area contributed by atoms with Crippen LogP contribution in [-0.4, -0.2) is 27.1 Å². The van der Waals surface area contributed by atoms with Gasteiger partial charge in [0.05, 0.1) is 10.9 Å². The Balaban J connectivity index is 1.66. The minimum absolute atomic E-state index is 0.0164. The van der Waals surface area contributed by atoms with Gasteiger partial charge in [0.15, 0.2) is 5.78 Å². The van der Waals surface area contributed by atoms with Gasteiger partial charge in [0.2, 0.25) is 5.91 Å². The summed E-state index contributed by atoms with van der Waals surface area (Å²) in [6.45, 7) is 3.32. The third-order valence-corrected chi connectivity index (χ3v) is 6.23. The van der Waals surface area contributed by atoms with E-state index in [0.29, 0.717) is 33.7 Å². The summed E-state index contributed by atoms with van der Waals surface area (Å²) in [5.74, 6) is -0.471. The van der Waals surface area contributed by atoms with Gasteiger partial charge in [-0.1, -0.05) is 17.7 Å².